The van der Waals surface area contributed by atoms with Crippen molar-refractivity contribution in [3.05, 3.63) is 24.5 Å². The molecule has 240 valence electrons. The van der Waals surface area contributed by atoms with Crippen molar-refractivity contribution >= 4 is 13.5 Å². The van der Waals surface area contributed by atoms with Crippen LogP contribution < -0.4 is 14.4 Å². The van der Waals surface area contributed by atoms with Gasteiger partial charge in [-0.15, -0.1) is 0 Å². The predicted molar refractivity (Wildman–Crippen MR) is 166 cm³/mol. The SMILES string of the molecule is CCCCCCCCCCCCCCCCOC[C@@H](COP(=O)([O-])OCCCC[n+]1ccc(N(C)C)cc1)OCC. The Kier molecular flexibility index (Phi) is 23.6. The van der Waals surface area contributed by atoms with E-state index in [-0.39, 0.29) is 13.2 Å². The first-order valence-electron chi connectivity index (χ1n) is 16.3. The highest BCUT2D eigenvalue weighted by Crippen LogP contribution is 2.38. The molecule has 0 bridgehead atoms. The lowest BCUT2D eigenvalue weighted by atomic mass is 10.0. The van der Waals surface area contributed by atoms with Crippen LogP contribution >= 0.6 is 7.82 Å². The number of anilines is 1. The van der Waals surface area contributed by atoms with Crippen LogP contribution in [0.4, 0.5) is 5.69 Å². The number of ether oxygens (including phenoxy) is 2. The summed E-state index contributed by atoms with van der Waals surface area (Å²) in [6.07, 6.45) is 23.6. The van der Waals surface area contributed by atoms with Gasteiger partial charge in [0.2, 0.25) is 0 Å². The van der Waals surface area contributed by atoms with E-state index in [1.54, 1.807) is 0 Å². The van der Waals surface area contributed by atoms with Gasteiger partial charge in [-0.05, 0) is 19.8 Å². The molecular weight excluding hydrogens is 539 g/mol. The molecule has 0 spiro atoms. The zero-order valence-corrected chi connectivity index (χ0v) is 27.6. The van der Waals surface area contributed by atoms with Gasteiger partial charge in [0, 0.05) is 51.6 Å². The highest BCUT2D eigenvalue weighted by molar-refractivity contribution is 7.45. The molecule has 2 atom stereocenters. The molecular formula is C32H61N2O6P. The fourth-order valence-corrected chi connectivity index (χ4v) is 5.45. The third-order valence-corrected chi connectivity index (χ3v) is 8.18. The van der Waals surface area contributed by atoms with Crippen LogP contribution in [0.3, 0.4) is 0 Å². The van der Waals surface area contributed by atoms with E-state index < -0.39 is 13.9 Å². The minimum atomic E-state index is -4.37. The van der Waals surface area contributed by atoms with E-state index in [2.05, 4.69) is 23.6 Å². The third-order valence-electron chi connectivity index (χ3n) is 7.22. The molecule has 1 heterocycles. The van der Waals surface area contributed by atoms with E-state index in [9.17, 15) is 9.46 Å². The molecule has 0 saturated heterocycles. The lowest BCUT2D eigenvalue weighted by molar-refractivity contribution is -0.697. The van der Waals surface area contributed by atoms with Gasteiger partial charge in [-0.3, -0.25) is 4.57 Å². The van der Waals surface area contributed by atoms with Crippen LogP contribution in [0.2, 0.25) is 0 Å². The maximum absolute atomic E-state index is 12.2. The average Bonchev–Trinajstić information content (AvgIpc) is 2.95. The van der Waals surface area contributed by atoms with E-state index in [1.165, 1.54) is 77.0 Å². The number of hydrogen-bond donors (Lipinski definition) is 0. The van der Waals surface area contributed by atoms with Crippen molar-refractivity contribution in [2.45, 2.75) is 129 Å². The van der Waals surface area contributed by atoms with E-state index >= 15 is 0 Å². The molecule has 0 aromatic carbocycles. The second-order valence-corrected chi connectivity index (χ2v) is 12.6. The molecule has 0 aliphatic carbocycles. The lowest BCUT2D eigenvalue weighted by Crippen LogP contribution is -2.33. The summed E-state index contributed by atoms with van der Waals surface area (Å²) in [7, 11) is -0.363. The molecule has 0 fully saturated rings. The minimum absolute atomic E-state index is 0.0958. The standard InChI is InChI=1S/C32H61N2O6P/c1-5-7-8-9-10-11-12-13-14-15-16-17-18-20-27-37-29-32(38-6-2)30-40-41(35,36)39-28-21-19-24-34-25-22-31(23-26-34)33(3)4/h22-23,25-26,32H,5-21,24,27-30H2,1-4H3/t32-/m0/s1. The summed E-state index contributed by atoms with van der Waals surface area (Å²) in [6, 6.07) is 4.10. The van der Waals surface area contributed by atoms with Crippen molar-refractivity contribution in [1.29, 1.82) is 0 Å². The summed E-state index contributed by atoms with van der Waals surface area (Å²) in [5, 5.41) is 0. The number of phosphoric acid groups is 1. The van der Waals surface area contributed by atoms with Crippen LogP contribution in [0.5, 0.6) is 0 Å². The van der Waals surface area contributed by atoms with E-state index in [0.29, 0.717) is 26.2 Å². The fraction of sp³-hybridized carbons (Fsp3) is 0.844. The normalized spacial score (nSPS) is 13.8. The van der Waals surface area contributed by atoms with Gasteiger partial charge < -0.3 is 28.3 Å². The molecule has 0 aliphatic heterocycles. The fourth-order valence-electron chi connectivity index (χ4n) is 4.67. The maximum Gasteiger partial charge on any atom is 0.267 e. The second kappa shape index (κ2) is 25.5. The highest BCUT2D eigenvalue weighted by atomic mass is 31.2. The van der Waals surface area contributed by atoms with Crippen molar-refractivity contribution in [2.75, 3.05) is 52.0 Å². The zero-order valence-electron chi connectivity index (χ0n) is 26.7. The molecule has 0 radical (unpaired) electrons. The predicted octanol–water partition coefficient (Wildman–Crippen LogP) is 7.22. The molecule has 0 saturated carbocycles. The molecule has 41 heavy (non-hydrogen) atoms. The van der Waals surface area contributed by atoms with Crippen LogP contribution in [0.1, 0.15) is 117 Å². The lowest BCUT2D eigenvalue weighted by Gasteiger charge is -2.25. The van der Waals surface area contributed by atoms with Gasteiger partial charge >= 0.3 is 0 Å². The number of nitrogens with zero attached hydrogens (tertiary/aromatic N) is 2. The Morgan fingerprint density at radius 2 is 1.29 bits per heavy atom. The summed E-state index contributed by atoms with van der Waals surface area (Å²) in [4.78, 5) is 14.2. The van der Waals surface area contributed by atoms with Gasteiger partial charge in [0.1, 0.15) is 12.6 Å². The van der Waals surface area contributed by atoms with Crippen LogP contribution in [0, 0.1) is 0 Å². The molecule has 9 heteroatoms. The number of pyridine rings is 1. The van der Waals surface area contributed by atoms with Crippen molar-refractivity contribution in [3.8, 4) is 0 Å². The summed E-state index contributed by atoms with van der Waals surface area (Å²) < 4.78 is 35.7. The molecule has 8 nitrogen and oxygen atoms in total. The molecule has 0 N–H and O–H groups in total. The third kappa shape index (κ3) is 22.2. The molecule has 1 rings (SSSR count). The monoisotopic (exact) mass is 600 g/mol. The molecule has 1 aromatic rings. The van der Waals surface area contributed by atoms with Gasteiger partial charge in [0.25, 0.3) is 7.82 Å². The quantitative estimate of drug-likeness (QED) is 0.0545. The number of hydrogen-bond acceptors (Lipinski definition) is 7. The van der Waals surface area contributed by atoms with Gasteiger partial charge in [-0.25, -0.2) is 4.57 Å². The first kappa shape index (κ1) is 38.0. The Balaban J connectivity index is 2.02. The zero-order chi connectivity index (χ0) is 30.0. The number of aromatic nitrogens is 1. The first-order chi connectivity index (χ1) is 19.9. The van der Waals surface area contributed by atoms with E-state index in [4.69, 9.17) is 18.5 Å². The van der Waals surface area contributed by atoms with Gasteiger partial charge in [0.05, 0.1) is 19.8 Å². The van der Waals surface area contributed by atoms with Gasteiger partial charge in [0.15, 0.2) is 12.4 Å². The highest BCUT2D eigenvalue weighted by Gasteiger charge is 2.16. The number of unbranched alkanes of at least 4 members (excludes halogenated alkanes) is 14. The average molecular weight is 601 g/mol. The van der Waals surface area contributed by atoms with Crippen molar-refractivity contribution in [3.63, 3.8) is 0 Å². The molecule has 0 aliphatic rings. The Labute approximate surface area is 251 Å². The first-order valence-corrected chi connectivity index (χ1v) is 17.8. The van der Waals surface area contributed by atoms with Crippen molar-refractivity contribution < 1.29 is 32.5 Å². The summed E-state index contributed by atoms with van der Waals surface area (Å²) >= 11 is 0. The van der Waals surface area contributed by atoms with Crippen molar-refractivity contribution in [2.24, 2.45) is 0 Å². The largest absolute Gasteiger partial charge is 0.756 e. The Hall–Kier alpha value is -1.02. The van der Waals surface area contributed by atoms with Crippen LogP contribution in [0.25, 0.3) is 0 Å². The van der Waals surface area contributed by atoms with Crippen LogP contribution in [0.15, 0.2) is 24.5 Å². The number of phosphoric ester groups is 1. The summed E-state index contributed by atoms with van der Waals surface area (Å²) in [5.74, 6) is 0. The number of rotatable bonds is 29. The van der Waals surface area contributed by atoms with Crippen molar-refractivity contribution in [1.82, 2.24) is 0 Å². The minimum Gasteiger partial charge on any atom is -0.756 e. The maximum atomic E-state index is 12.2. The topological polar surface area (TPSA) is 84.2 Å². The van der Waals surface area contributed by atoms with Gasteiger partial charge in [-0.1, -0.05) is 90.4 Å². The van der Waals surface area contributed by atoms with E-state index in [1.807, 2.05) is 38.3 Å². The molecule has 1 aromatic heterocycles. The Morgan fingerprint density at radius 3 is 1.83 bits per heavy atom. The van der Waals surface area contributed by atoms with Crippen LogP contribution in [-0.4, -0.2) is 53.2 Å². The smallest absolute Gasteiger partial charge is 0.267 e. The molecule has 1 unspecified atom stereocenters. The Bertz CT molecular complexity index is 765. The Morgan fingerprint density at radius 1 is 0.756 bits per heavy atom. The van der Waals surface area contributed by atoms with Crippen LogP contribution in [-0.2, 0) is 29.6 Å². The van der Waals surface area contributed by atoms with Gasteiger partial charge in [-0.2, -0.15) is 0 Å². The molecule has 0 amide bonds. The number of aryl methyl sites for hydroxylation is 1. The summed E-state index contributed by atoms with van der Waals surface area (Å²) in [5.41, 5.74) is 1.14. The van der Waals surface area contributed by atoms with E-state index in [0.717, 1.165) is 31.5 Å². The second-order valence-electron chi connectivity index (χ2n) is 11.2. The summed E-state index contributed by atoms with van der Waals surface area (Å²) in [6.45, 7) is 6.39.